The average molecular weight is 305 g/mol. The average Bonchev–Trinajstić information content (AvgIpc) is 2.46. The van der Waals surface area contributed by atoms with Crippen LogP contribution < -0.4 is 5.32 Å². The van der Waals surface area contributed by atoms with Gasteiger partial charge in [0.1, 0.15) is 31.1 Å². The molecule has 0 aliphatic carbocycles. The predicted molar refractivity (Wildman–Crippen MR) is 71.2 cm³/mol. The number of nitrogens with zero attached hydrogens (tertiary/aromatic N) is 2. The lowest BCUT2D eigenvalue weighted by atomic mass is 10.0. The molecule has 10 heteroatoms. The van der Waals surface area contributed by atoms with Crippen molar-refractivity contribution in [1.82, 2.24) is 5.32 Å². The van der Waals surface area contributed by atoms with E-state index in [1.54, 1.807) is 0 Å². The molecule has 0 heterocycles. The maximum Gasteiger partial charge on any atom is 0.220 e. The molecule has 0 unspecified atom stereocenters. The van der Waals surface area contributed by atoms with E-state index in [0.29, 0.717) is 12.7 Å². The van der Waals surface area contributed by atoms with Crippen LogP contribution in [0.5, 0.6) is 0 Å². The zero-order valence-electron chi connectivity index (χ0n) is 11.3. The smallest absolute Gasteiger partial charge is 0.220 e. The highest BCUT2D eigenvalue weighted by molar-refractivity contribution is 5.76. The van der Waals surface area contributed by atoms with E-state index in [4.69, 9.17) is 0 Å². The molecule has 0 aromatic rings. The molecule has 0 fully saturated rings. The van der Waals surface area contributed by atoms with Crippen LogP contribution in [0.2, 0.25) is 0 Å². The Morgan fingerprint density at radius 2 is 1.86 bits per heavy atom. The third-order valence-corrected chi connectivity index (χ3v) is 2.76. The Hall–Kier alpha value is -1.78. The number of hydrogen-bond donors (Lipinski definition) is 4. The van der Waals surface area contributed by atoms with Crippen LogP contribution in [0.1, 0.15) is 19.3 Å². The number of carbonyl (C=O) groups excluding carboxylic acids is 2. The summed E-state index contributed by atoms with van der Waals surface area (Å²) in [7, 11) is 0. The summed E-state index contributed by atoms with van der Waals surface area (Å²) >= 11 is 0. The second kappa shape index (κ2) is 10.9. The summed E-state index contributed by atoms with van der Waals surface area (Å²) in [6.07, 6.45) is -3.61. The van der Waals surface area contributed by atoms with Crippen LogP contribution >= 0.6 is 0 Å². The zero-order valence-corrected chi connectivity index (χ0v) is 11.3. The van der Waals surface area contributed by atoms with Crippen LogP contribution in [-0.4, -0.2) is 65.0 Å². The molecule has 21 heavy (non-hydrogen) atoms. The maximum absolute atomic E-state index is 11.3. The van der Waals surface area contributed by atoms with Gasteiger partial charge >= 0.3 is 0 Å². The number of carbonyl (C=O) groups is 2. The lowest BCUT2D eigenvalue weighted by Gasteiger charge is -2.24. The molecule has 0 saturated heterocycles. The van der Waals surface area contributed by atoms with E-state index in [9.17, 15) is 34.7 Å². The van der Waals surface area contributed by atoms with Crippen molar-refractivity contribution in [3.8, 4) is 0 Å². The third kappa shape index (κ3) is 7.54. The fraction of sp³-hybridized carbons (Fsp3) is 0.818. The number of nitroso groups, excluding NO2 is 2. The molecule has 0 aromatic heterocycles. The van der Waals surface area contributed by atoms with Gasteiger partial charge in [-0.15, -0.1) is 0 Å². The predicted octanol–water partition coefficient (Wildman–Crippen LogP) is -1.54. The Morgan fingerprint density at radius 3 is 2.38 bits per heavy atom. The Balaban J connectivity index is 4.29. The van der Waals surface area contributed by atoms with Crippen molar-refractivity contribution in [2.24, 2.45) is 10.4 Å². The number of amides is 1. The van der Waals surface area contributed by atoms with Crippen LogP contribution in [-0.2, 0) is 9.59 Å². The first-order valence-corrected chi connectivity index (χ1v) is 6.34. The van der Waals surface area contributed by atoms with Crippen molar-refractivity contribution in [3.63, 3.8) is 0 Å². The molecule has 0 rings (SSSR count). The standard InChI is InChI=1S/C11H19N3O7/c15-4-2-1-3-9(18)12-5-7(16)10(14-21)11(19)8(17)6-13-20/h4,7-8,10-11,16-17,19H,1-3,5-6H2,(H,12,18)/t7-,8+,10+,11+/m0/s1. The summed E-state index contributed by atoms with van der Waals surface area (Å²) < 4.78 is 0. The van der Waals surface area contributed by atoms with E-state index < -0.39 is 36.8 Å². The Labute approximate surface area is 120 Å². The van der Waals surface area contributed by atoms with Gasteiger partial charge in [-0.05, 0) is 6.42 Å². The number of aliphatic hydroxyl groups is 3. The van der Waals surface area contributed by atoms with Crippen molar-refractivity contribution < 1.29 is 24.9 Å². The van der Waals surface area contributed by atoms with Gasteiger partial charge in [-0.2, -0.15) is 9.81 Å². The van der Waals surface area contributed by atoms with Crippen molar-refractivity contribution in [2.45, 2.75) is 43.6 Å². The topological polar surface area (TPSA) is 166 Å². The lowest BCUT2D eigenvalue weighted by Crippen LogP contribution is -2.48. The summed E-state index contributed by atoms with van der Waals surface area (Å²) in [6.45, 7) is -1.02. The zero-order chi connectivity index (χ0) is 16.3. The number of hydrogen-bond acceptors (Lipinski definition) is 9. The number of aliphatic hydroxyl groups excluding tert-OH is 3. The molecule has 0 aliphatic heterocycles. The number of rotatable bonds is 12. The van der Waals surface area contributed by atoms with Gasteiger partial charge in [-0.3, -0.25) is 4.79 Å². The second-order valence-corrected chi connectivity index (χ2v) is 4.40. The molecule has 4 N–H and O–H groups in total. The first-order valence-electron chi connectivity index (χ1n) is 6.34. The molecule has 0 aromatic carbocycles. The maximum atomic E-state index is 11.3. The molecule has 0 aliphatic rings. The van der Waals surface area contributed by atoms with Crippen LogP contribution in [0.25, 0.3) is 0 Å². The minimum Gasteiger partial charge on any atom is -0.389 e. The van der Waals surface area contributed by atoms with E-state index in [1.807, 2.05) is 0 Å². The van der Waals surface area contributed by atoms with Crippen LogP contribution in [0.15, 0.2) is 10.4 Å². The summed E-state index contributed by atoms with van der Waals surface area (Å²) in [6, 6.07) is -1.61. The highest BCUT2D eigenvalue weighted by Crippen LogP contribution is 2.09. The first-order chi connectivity index (χ1) is 9.97. The van der Waals surface area contributed by atoms with E-state index in [-0.39, 0.29) is 19.4 Å². The minimum absolute atomic E-state index is 0.0743. The highest BCUT2D eigenvalue weighted by atomic mass is 16.3. The molecule has 120 valence electrons. The normalized spacial score (nSPS) is 16.3. The summed E-state index contributed by atoms with van der Waals surface area (Å²) in [5.74, 6) is -0.440. The van der Waals surface area contributed by atoms with Gasteiger partial charge in [0.15, 0.2) is 0 Å². The monoisotopic (exact) mass is 305 g/mol. The fourth-order valence-corrected chi connectivity index (χ4v) is 1.55. The SMILES string of the molecule is O=CCCCC(=O)NC[C@H](O)[C@@H](N=O)[C@H](O)[C@H](O)CN=O. The fourth-order valence-electron chi connectivity index (χ4n) is 1.55. The third-order valence-electron chi connectivity index (χ3n) is 2.76. The van der Waals surface area contributed by atoms with E-state index in [1.165, 1.54) is 0 Å². The van der Waals surface area contributed by atoms with Gasteiger partial charge in [0.05, 0.1) is 6.10 Å². The molecule has 4 atom stereocenters. The Kier molecular flexibility index (Phi) is 10.0. The quantitative estimate of drug-likeness (QED) is 0.192. The van der Waals surface area contributed by atoms with Crippen LogP contribution in [0.3, 0.4) is 0 Å². The molecular weight excluding hydrogens is 286 g/mol. The molecule has 1 amide bonds. The van der Waals surface area contributed by atoms with E-state index in [2.05, 4.69) is 15.7 Å². The van der Waals surface area contributed by atoms with Gasteiger partial charge < -0.3 is 25.4 Å². The minimum atomic E-state index is -1.78. The second-order valence-electron chi connectivity index (χ2n) is 4.40. The summed E-state index contributed by atoms with van der Waals surface area (Å²) in [4.78, 5) is 42.0. The van der Waals surface area contributed by atoms with Crippen molar-refractivity contribution in [3.05, 3.63) is 9.81 Å². The van der Waals surface area contributed by atoms with E-state index in [0.717, 1.165) is 0 Å². The molecule has 0 radical (unpaired) electrons. The van der Waals surface area contributed by atoms with Gasteiger partial charge in [-0.25, -0.2) is 0 Å². The molecule has 0 spiro atoms. The molecular formula is C11H19N3O7. The Bertz CT molecular complexity index is 353. The largest absolute Gasteiger partial charge is 0.389 e. The number of nitrogens with one attached hydrogen (secondary N) is 1. The van der Waals surface area contributed by atoms with E-state index >= 15 is 0 Å². The Morgan fingerprint density at radius 1 is 1.19 bits per heavy atom. The number of aldehydes is 1. The van der Waals surface area contributed by atoms with Crippen molar-refractivity contribution >= 4 is 12.2 Å². The summed E-state index contributed by atoms with van der Waals surface area (Å²) in [5.41, 5.74) is 0. The van der Waals surface area contributed by atoms with Gasteiger partial charge in [-0.1, -0.05) is 10.4 Å². The molecule has 0 saturated carbocycles. The summed E-state index contributed by atoms with van der Waals surface area (Å²) in [5, 5.41) is 35.7. The van der Waals surface area contributed by atoms with Crippen LogP contribution in [0, 0.1) is 9.81 Å². The first kappa shape index (κ1) is 19.2. The van der Waals surface area contributed by atoms with Gasteiger partial charge in [0, 0.05) is 19.4 Å². The highest BCUT2D eigenvalue weighted by Gasteiger charge is 2.33. The molecule has 0 bridgehead atoms. The lowest BCUT2D eigenvalue weighted by molar-refractivity contribution is -0.122. The number of unbranched alkanes of at least 4 members (excludes halogenated alkanes) is 1. The van der Waals surface area contributed by atoms with Crippen molar-refractivity contribution in [1.29, 1.82) is 0 Å². The van der Waals surface area contributed by atoms with Gasteiger partial charge in [0.25, 0.3) is 0 Å². The van der Waals surface area contributed by atoms with Crippen molar-refractivity contribution in [2.75, 3.05) is 13.1 Å². The molecule has 10 nitrogen and oxygen atoms in total. The van der Waals surface area contributed by atoms with Crippen LogP contribution in [0.4, 0.5) is 0 Å². The van der Waals surface area contributed by atoms with Gasteiger partial charge in [0.2, 0.25) is 5.91 Å².